The summed E-state index contributed by atoms with van der Waals surface area (Å²) in [6.45, 7) is 4.56. The minimum absolute atomic E-state index is 0.202. The van der Waals surface area contributed by atoms with Crippen LogP contribution in [-0.2, 0) is 15.1 Å². The molecule has 1 aliphatic heterocycles. The molecule has 2 fully saturated rings. The van der Waals surface area contributed by atoms with Crippen molar-refractivity contribution >= 4 is 17.7 Å². The molecule has 0 radical (unpaired) electrons. The molecule has 0 saturated heterocycles. The minimum Gasteiger partial charge on any atom is -0.465 e. The first-order valence-electron chi connectivity index (χ1n) is 9.29. The van der Waals surface area contributed by atoms with Crippen molar-refractivity contribution in [2.45, 2.75) is 44.2 Å². The largest absolute Gasteiger partial charge is 0.465 e. The van der Waals surface area contributed by atoms with Gasteiger partial charge in [-0.1, -0.05) is 50.6 Å². The van der Waals surface area contributed by atoms with Crippen LogP contribution in [0.1, 0.15) is 38.7 Å². The number of fused-ring (bicyclic) bond motifs is 5. The van der Waals surface area contributed by atoms with E-state index in [0.717, 1.165) is 6.42 Å². The molecule has 26 heavy (non-hydrogen) atoms. The Kier molecular flexibility index (Phi) is 4.07. The molecule has 2 bridgehead atoms. The van der Waals surface area contributed by atoms with Crippen LogP contribution in [0.3, 0.4) is 0 Å². The minimum atomic E-state index is -0.448. The third kappa shape index (κ3) is 1.95. The number of hydrogen-bond donors (Lipinski definition) is 0. The molecule has 1 heterocycles. The summed E-state index contributed by atoms with van der Waals surface area (Å²) >= 11 is 1.44. The summed E-state index contributed by atoms with van der Waals surface area (Å²) in [5, 5.41) is 9.88. The highest BCUT2D eigenvalue weighted by molar-refractivity contribution is 8.03. The monoisotopic (exact) mass is 370 g/mol. The SMILES string of the molecule is COC(=O)/C(=C/[C@]12N=N[C@@](c3ccccc3)([C@H]3CCC[C@H]31)C2(C)C)SC. The number of thioether (sulfide) groups is 1. The Hall–Kier alpha value is -1.62. The molecule has 0 aromatic heterocycles. The van der Waals surface area contributed by atoms with E-state index >= 15 is 0 Å². The average Bonchev–Trinajstić information content (AvgIpc) is 3.27. The van der Waals surface area contributed by atoms with Gasteiger partial charge in [-0.3, -0.25) is 0 Å². The highest BCUT2D eigenvalue weighted by Gasteiger charge is 2.77. The van der Waals surface area contributed by atoms with Gasteiger partial charge in [-0.2, -0.15) is 10.2 Å². The van der Waals surface area contributed by atoms with Crippen LogP contribution in [0.2, 0.25) is 0 Å². The molecule has 0 N–H and O–H groups in total. The number of azo groups is 1. The van der Waals surface area contributed by atoms with E-state index in [2.05, 4.69) is 50.3 Å². The van der Waals surface area contributed by atoms with Gasteiger partial charge in [0.05, 0.1) is 12.0 Å². The third-order valence-electron chi connectivity index (χ3n) is 7.12. The summed E-state index contributed by atoms with van der Waals surface area (Å²) in [5.74, 6) is 0.605. The Morgan fingerprint density at radius 1 is 1.19 bits per heavy atom. The zero-order chi connectivity index (χ0) is 18.6. The molecule has 4 atom stereocenters. The molecule has 3 aliphatic rings. The van der Waals surface area contributed by atoms with Crippen molar-refractivity contribution in [2.75, 3.05) is 13.4 Å². The smallest absolute Gasteiger partial charge is 0.344 e. The number of nitrogens with zero attached hydrogens (tertiary/aromatic N) is 2. The van der Waals surface area contributed by atoms with Crippen molar-refractivity contribution in [1.82, 2.24) is 0 Å². The van der Waals surface area contributed by atoms with Gasteiger partial charge in [0.15, 0.2) is 0 Å². The fourth-order valence-electron chi connectivity index (χ4n) is 5.92. The Labute approximate surface area is 159 Å². The number of carbonyl (C=O) groups excluding carboxylic acids is 1. The van der Waals surface area contributed by atoms with Crippen LogP contribution in [0.4, 0.5) is 0 Å². The molecule has 1 aromatic carbocycles. The van der Waals surface area contributed by atoms with E-state index in [1.165, 1.54) is 37.3 Å². The van der Waals surface area contributed by atoms with Gasteiger partial charge in [0.2, 0.25) is 0 Å². The van der Waals surface area contributed by atoms with E-state index in [4.69, 9.17) is 15.0 Å². The fraction of sp³-hybridized carbons (Fsp3) is 0.571. The van der Waals surface area contributed by atoms with Crippen LogP contribution in [0.15, 0.2) is 51.5 Å². The molecule has 138 valence electrons. The maximum atomic E-state index is 12.3. The lowest BCUT2D eigenvalue weighted by atomic mass is 9.63. The van der Waals surface area contributed by atoms with Crippen molar-refractivity contribution in [1.29, 1.82) is 0 Å². The maximum absolute atomic E-state index is 12.3. The van der Waals surface area contributed by atoms with Gasteiger partial charge in [0.25, 0.3) is 0 Å². The van der Waals surface area contributed by atoms with Gasteiger partial charge < -0.3 is 4.74 Å². The van der Waals surface area contributed by atoms with Crippen LogP contribution in [0.25, 0.3) is 0 Å². The van der Waals surface area contributed by atoms with Gasteiger partial charge in [-0.05, 0) is 42.6 Å². The summed E-state index contributed by atoms with van der Waals surface area (Å²) < 4.78 is 5.01. The number of esters is 1. The molecular formula is C21H26N2O2S. The van der Waals surface area contributed by atoms with Crippen LogP contribution in [0, 0.1) is 17.3 Å². The number of carbonyl (C=O) groups is 1. The Bertz CT molecular complexity index is 788. The summed E-state index contributed by atoms with van der Waals surface area (Å²) in [4.78, 5) is 12.9. The first-order valence-corrected chi connectivity index (χ1v) is 10.5. The van der Waals surface area contributed by atoms with Crippen molar-refractivity contribution in [2.24, 2.45) is 27.5 Å². The van der Waals surface area contributed by atoms with E-state index in [1.54, 1.807) is 0 Å². The van der Waals surface area contributed by atoms with Crippen molar-refractivity contribution in [3.63, 3.8) is 0 Å². The second-order valence-electron chi connectivity index (χ2n) is 8.13. The maximum Gasteiger partial charge on any atom is 0.344 e. The van der Waals surface area contributed by atoms with Crippen LogP contribution in [-0.4, -0.2) is 24.9 Å². The van der Waals surface area contributed by atoms with E-state index in [0.29, 0.717) is 16.7 Å². The average molecular weight is 371 g/mol. The lowest BCUT2D eigenvalue weighted by Crippen LogP contribution is -2.45. The molecule has 1 aromatic rings. The van der Waals surface area contributed by atoms with Gasteiger partial charge >= 0.3 is 5.97 Å². The number of benzene rings is 1. The summed E-state index contributed by atoms with van der Waals surface area (Å²) in [7, 11) is 1.44. The Balaban J connectivity index is 1.92. The second kappa shape index (κ2) is 5.95. The van der Waals surface area contributed by atoms with E-state index in [-0.39, 0.29) is 16.9 Å². The first kappa shape index (κ1) is 17.8. The summed E-state index contributed by atoms with van der Waals surface area (Å²) in [6.07, 6.45) is 7.51. The molecule has 4 nitrogen and oxygen atoms in total. The molecule has 0 spiro atoms. The van der Waals surface area contributed by atoms with Gasteiger partial charge in [-0.25, -0.2) is 4.79 Å². The predicted octanol–water partition coefficient (Wildman–Crippen LogP) is 4.96. The standard InChI is InChI=1S/C21H26N2O2S/c1-19(2)20(13-17(26-4)18(24)25-3)15-11-8-12-16(15)21(19,23-22-20)14-9-6-5-7-10-14/h5-7,9-10,13,15-16H,8,11-12H2,1-4H3/b17-13-/t15-,16+,20+,21+/m1/s1. The summed E-state index contributed by atoms with van der Waals surface area (Å²) in [6, 6.07) is 10.6. The topological polar surface area (TPSA) is 51.0 Å². The molecule has 5 heteroatoms. The van der Waals surface area contributed by atoms with Gasteiger partial charge in [0.1, 0.15) is 11.1 Å². The Morgan fingerprint density at radius 3 is 2.54 bits per heavy atom. The van der Waals surface area contributed by atoms with E-state index < -0.39 is 5.54 Å². The summed E-state index contributed by atoms with van der Waals surface area (Å²) in [5.41, 5.74) is 0.288. The van der Waals surface area contributed by atoms with Crippen LogP contribution >= 0.6 is 11.8 Å². The van der Waals surface area contributed by atoms with Gasteiger partial charge in [0, 0.05) is 5.41 Å². The molecule has 0 amide bonds. The number of rotatable bonds is 4. The lowest BCUT2D eigenvalue weighted by molar-refractivity contribution is -0.135. The third-order valence-corrected chi connectivity index (χ3v) is 7.84. The quantitative estimate of drug-likeness (QED) is 0.556. The van der Waals surface area contributed by atoms with E-state index in [9.17, 15) is 4.79 Å². The predicted molar refractivity (Wildman–Crippen MR) is 104 cm³/mol. The number of ether oxygens (including phenoxy) is 1. The Morgan fingerprint density at radius 2 is 1.88 bits per heavy atom. The normalized spacial score (nSPS) is 37.0. The van der Waals surface area contributed by atoms with Crippen molar-refractivity contribution < 1.29 is 9.53 Å². The highest BCUT2D eigenvalue weighted by Crippen LogP contribution is 2.74. The van der Waals surface area contributed by atoms with Crippen molar-refractivity contribution in [3.05, 3.63) is 46.9 Å². The molecular weight excluding hydrogens is 344 g/mol. The first-order chi connectivity index (χ1) is 12.4. The molecule has 4 rings (SSSR count). The number of methoxy groups -OCH3 is 1. The van der Waals surface area contributed by atoms with Crippen LogP contribution < -0.4 is 0 Å². The zero-order valence-electron chi connectivity index (χ0n) is 15.9. The number of hydrogen-bond acceptors (Lipinski definition) is 5. The second-order valence-corrected chi connectivity index (χ2v) is 8.98. The molecule has 2 aliphatic carbocycles. The van der Waals surface area contributed by atoms with Gasteiger partial charge in [-0.15, -0.1) is 11.8 Å². The zero-order valence-corrected chi connectivity index (χ0v) is 16.7. The fourth-order valence-corrected chi connectivity index (χ4v) is 6.47. The van der Waals surface area contributed by atoms with E-state index in [1.807, 2.05) is 6.26 Å². The highest BCUT2D eigenvalue weighted by atomic mass is 32.2. The molecule has 0 unspecified atom stereocenters. The molecule has 2 saturated carbocycles. The lowest BCUT2D eigenvalue weighted by Gasteiger charge is -2.40. The van der Waals surface area contributed by atoms with Crippen molar-refractivity contribution in [3.8, 4) is 0 Å². The van der Waals surface area contributed by atoms with Crippen LogP contribution in [0.5, 0.6) is 0 Å².